The summed E-state index contributed by atoms with van der Waals surface area (Å²) < 4.78 is 1.91. The zero-order valence-electron chi connectivity index (χ0n) is 17.9. The number of carbonyl (C=O) groups excluding carboxylic acids is 2. The Balaban J connectivity index is 1.42. The van der Waals surface area contributed by atoms with Gasteiger partial charge in [-0.3, -0.25) is 19.1 Å². The van der Waals surface area contributed by atoms with Crippen molar-refractivity contribution in [2.24, 2.45) is 0 Å². The molecule has 1 aliphatic heterocycles. The molecule has 5 rings (SSSR count). The third-order valence-corrected chi connectivity index (χ3v) is 5.85. The molecule has 0 saturated heterocycles. The number of nitrogens with one attached hydrogen (secondary N) is 1. The fourth-order valence-corrected chi connectivity index (χ4v) is 4.17. The highest BCUT2D eigenvalue weighted by molar-refractivity contribution is 6.03. The molecular weight excluding hydrogens is 400 g/mol. The van der Waals surface area contributed by atoms with Crippen molar-refractivity contribution in [2.75, 3.05) is 4.90 Å². The van der Waals surface area contributed by atoms with Crippen molar-refractivity contribution in [3.05, 3.63) is 95.6 Å². The minimum absolute atomic E-state index is 0.0728. The van der Waals surface area contributed by atoms with Crippen LogP contribution in [0.3, 0.4) is 0 Å². The minimum atomic E-state index is -0.612. The molecule has 0 spiro atoms. The summed E-state index contributed by atoms with van der Waals surface area (Å²) in [6, 6.07) is 25.0. The van der Waals surface area contributed by atoms with Crippen LogP contribution >= 0.6 is 0 Å². The van der Waals surface area contributed by atoms with E-state index in [0.29, 0.717) is 19.0 Å². The van der Waals surface area contributed by atoms with Crippen molar-refractivity contribution < 1.29 is 9.59 Å². The Morgan fingerprint density at radius 2 is 1.66 bits per heavy atom. The number of aromatic nitrogens is 2. The molecule has 0 saturated carbocycles. The average Bonchev–Trinajstić information content (AvgIpc) is 3.30. The van der Waals surface area contributed by atoms with Crippen LogP contribution in [0.2, 0.25) is 0 Å². The Morgan fingerprint density at radius 1 is 0.938 bits per heavy atom. The number of aryl methyl sites for hydroxylation is 1. The van der Waals surface area contributed by atoms with E-state index < -0.39 is 6.04 Å². The van der Waals surface area contributed by atoms with Gasteiger partial charge in [0.05, 0.1) is 24.0 Å². The topological polar surface area (TPSA) is 67.2 Å². The number of nitrogens with zero attached hydrogens (tertiary/aromatic N) is 3. The van der Waals surface area contributed by atoms with Gasteiger partial charge in [0.1, 0.15) is 6.04 Å². The normalized spacial score (nSPS) is 15.2. The average molecular weight is 425 g/mol. The number of hydrogen-bond acceptors (Lipinski definition) is 3. The standard InChI is InChI=1S/C26H24N4O2/c1-18-11-13-20(14-12-18)17-29-25(32)23(15-24(31)27-16-19-7-3-2-4-8-19)30-22-10-6-5-9-21(22)28-26(29)30/h2-14,23H,15-17H2,1H3,(H,27,31). The number of para-hydroxylation sites is 2. The number of anilines is 1. The maximum atomic E-state index is 13.4. The van der Waals surface area contributed by atoms with Crippen LogP contribution in [0.5, 0.6) is 0 Å². The largest absolute Gasteiger partial charge is 0.352 e. The lowest BCUT2D eigenvalue weighted by Crippen LogP contribution is -2.32. The Bertz CT molecular complexity index is 1280. The van der Waals surface area contributed by atoms with Crippen LogP contribution in [0.15, 0.2) is 78.9 Å². The van der Waals surface area contributed by atoms with Gasteiger partial charge in [-0.15, -0.1) is 0 Å². The lowest BCUT2D eigenvalue weighted by molar-refractivity contribution is -0.127. The summed E-state index contributed by atoms with van der Waals surface area (Å²) in [6.45, 7) is 2.89. The van der Waals surface area contributed by atoms with Gasteiger partial charge in [0.2, 0.25) is 11.9 Å². The first-order valence-electron chi connectivity index (χ1n) is 10.7. The molecule has 1 N–H and O–H groups in total. The summed E-state index contributed by atoms with van der Waals surface area (Å²) >= 11 is 0. The molecule has 2 amide bonds. The van der Waals surface area contributed by atoms with E-state index in [4.69, 9.17) is 4.98 Å². The molecule has 160 valence electrons. The van der Waals surface area contributed by atoms with Crippen molar-refractivity contribution >= 4 is 28.8 Å². The summed E-state index contributed by atoms with van der Waals surface area (Å²) in [5.41, 5.74) is 4.90. The van der Waals surface area contributed by atoms with Crippen molar-refractivity contribution in [2.45, 2.75) is 32.5 Å². The van der Waals surface area contributed by atoms with E-state index in [1.165, 1.54) is 5.56 Å². The quantitative estimate of drug-likeness (QED) is 0.506. The fraction of sp³-hybridized carbons (Fsp3) is 0.192. The Morgan fingerprint density at radius 3 is 2.44 bits per heavy atom. The van der Waals surface area contributed by atoms with Crippen LogP contribution in [0.1, 0.15) is 29.2 Å². The smallest absolute Gasteiger partial charge is 0.253 e. The van der Waals surface area contributed by atoms with Crippen molar-refractivity contribution in [1.29, 1.82) is 0 Å². The van der Waals surface area contributed by atoms with Gasteiger partial charge in [0.25, 0.3) is 5.91 Å². The van der Waals surface area contributed by atoms with Crippen molar-refractivity contribution in [1.82, 2.24) is 14.9 Å². The summed E-state index contributed by atoms with van der Waals surface area (Å²) in [7, 11) is 0. The van der Waals surface area contributed by atoms with Crippen molar-refractivity contribution in [3.8, 4) is 0 Å². The number of imidazole rings is 1. The maximum absolute atomic E-state index is 13.4. The zero-order valence-corrected chi connectivity index (χ0v) is 17.9. The second kappa shape index (κ2) is 8.30. The summed E-state index contributed by atoms with van der Waals surface area (Å²) in [5, 5.41) is 2.94. The number of amides is 2. The number of carbonyl (C=O) groups is 2. The van der Waals surface area contributed by atoms with Crippen LogP contribution in [-0.2, 0) is 22.7 Å². The maximum Gasteiger partial charge on any atom is 0.253 e. The summed E-state index contributed by atoms with van der Waals surface area (Å²) in [6.07, 6.45) is 0.0728. The van der Waals surface area contributed by atoms with Crippen LogP contribution in [0.4, 0.5) is 5.95 Å². The highest BCUT2D eigenvalue weighted by atomic mass is 16.2. The molecule has 0 bridgehead atoms. The molecule has 1 unspecified atom stereocenters. The molecule has 1 aliphatic rings. The molecule has 0 aliphatic carbocycles. The van der Waals surface area contributed by atoms with E-state index in [2.05, 4.69) is 5.32 Å². The zero-order chi connectivity index (χ0) is 22.1. The Labute approximate surface area is 186 Å². The second-order valence-electron chi connectivity index (χ2n) is 8.16. The number of hydrogen-bond donors (Lipinski definition) is 1. The molecule has 1 atom stereocenters. The highest BCUT2D eigenvalue weighted by Crippen LogP contribution is 2.37. The van der Waals surface area contributed by atoms with E-state index >= 15 is 0 Å². The summed E-state index contributed by atoms with van der Waals surface area (Å²) in [4.78, 5) is 32.6. The minimum Gasteiger partial charge on any atom is -0.352 e. The first kappa shape index (κ1) is 20.0. The van der Waals surface area contributed by atoms with Crippen LogP contribution < -0.4 is 10.2 Å². The molecule has 3 aromatic carbocycles. The van der Waals surface area contributed by atoms with E-state index in [1.54, 1.807) is 4.90 Å². The highest BCUT2D eigenvalue weighted by Gasteiger charge is 2.40. The Kier molecular flexibility index (Phi) is 5.19. The molecule has 2 heterocycles. The number of benzene rings is 3. The van der Waals surface area contributed by atoms with Crippen LogP contribution in [-0.4, -0.2) is 21.4 Å². The Hall–Kier alpha value is -3.93. The van der Waals surface area contributed by atoms with Crippen LogP contribution in [0.25, 0.3) is 11.0 Å². The lowest BCUT2D eigenvalue weighted by Gasteiger charge is -2.16. The van der Waals surface area contributed by atoms with Gasteiger partial charge < -0.3 is 5.32 Å². The molecule has 0 radical (unpaired) electrons. The van der Waals surface area contributed by atoms with Gasteiger partial charge in [-0.05, 0) is 30.2 Å². The third-order valence-electron chi connectivity index (χ3n) is 5.85. The fourth-order valence-electron chi connectivity index (χ4n) is 4.17. The van der Waals surface area contributed by atoms with E-state index in [9.17, 15) is 9.59 Å². The molecule has 6 heteroatoms. The molecule has 4 aromatic rings. The SMILES string of the molecule is Cc1ccc(CN2C(=O)C(CC(=O)NCc3ccccc3)n3c2nc2ccccc23)cc1. The second-order valence-corrected chi connectivity index (χ2v) is 8.16. The first-order chi connectivity index (χ1) is 15.6. The van der Waals surface area contributed by atoms with E-state index in [0.717, 1.165) is 22.2 Å². The molecule has 6 nitrogen and oxygen atoms in total. The molecule has 1 aromatic heterocycles. The van der Waals surface area contributed by atoms with Crippen LogP contribution in [0, 0.1) is 6.92 Å². The van der Waals surface area contributed by atoms with E-state index in [-0.39, 0.29) is 18.2 Å². The number of fused-ring (bicyclic) bond motifs is 3. The predicted octanol–water partition coefficient (Wildman–Crippen LogP) is 4.14. The van der Waals surface area contributed by atoms with Gasteiger partial charge >= 0.3 is 0 Å². The number of rotatable bonds is 6. The van der Waals surface area contributed by atoms with Gasteiger partial charge in [-0.2, -0.15) is 0 Å². The first-order valence-corrected chi connectivity index (χ1v) is 10.7. The van der Waals surface area contributed by atoms with Gasteiger partial charge in [-0.25, -0.2) is 4.98 Å². The lowest BCUT2D eigenvalue weighted by atomic mass is 10.1. The molecule has 0 fully saturated rings. The summed E-state index contributed by atoms with van der Waals surface area (Å²) in [5.74, 6) is 0.333. The van der Waals surface area contributed by atoms with Gasteiger partial charge in [0, 0.05) is 6.54 Å². The van der Waals surface area contributed by atoms with Crippen molar-refractivity contribution in [3.63, 3.8) is 0 Å². The van der Waals surface area contributed by atoms with Gasteiger partial charge in [0.15, 0.2) is 0 Å². The van der Waals surface area contributed by atoms with E-state index in [1.807, 2.05) is 90.4 Å². The molecular formula is C26H24N4O2. The third kappa shape index (κ3) is 3.75. The van der Waals surface area contributed by atoms with Gasteiger partial charge in [-0.1, -0.05) is 72.3 Å². The predicted molar refractivity (Wildman–Crippen MR) is 124 cm³/mol. The molecule has 32 heavy (non-hydrogen) atoms. The monoisotopic (exact) mass is 424 g/mol.